The van der Waals surface area contributed by atoms with E-state index in [0.717, 1.165) is 6.42 Å². The summed E-state index contributed by atoms with van der Waals surface area (Å²) in [6.07, 6.45) is 0.982. The van der Waals surface area contributed by atoms with Crippen LogP contribution in [0.25, 0.3) is 0 Å². The van der Waals surface area contributed by atoms with Gasteiger partial charge in [0.1, 0.15) is 11.6 Å². The van der Waals surface area contributed by atoms with Crippen LogP contribution in [0.5, 0.6) is 0 Å². The Bertz CT molecular complexity index is 308. The Balaban J connectivity index is 2.57. The van der Waals surface area contributed by atoms with Crippen molar-refractivity contribution in [1.82, 2.24) is 5.32 Å². The van der Waals surface area contributed by atoms with E-state index in [1.807, 2.05) is 0 Å². The van der Waals surface area contributed by atoms with Gasteiger partial charge in [-0.3, -0.25) is 4.79 Å². The SMILES string of the molecule is CCC(C)(NC(=O)C1CCC(CN)O1)C(=O)O. The lowest BCUT2D eigenvalue weighted by Gasteiger charge is -2.26. The van der Waals surface area contributed by atoms with Gasteiger partial charge in [0.15, 0.2) is 0 Å². The minimum Gasteiger partial charge on any atom is -0.480 e. The Labute approximate surface area is 101 Å². The van der Waals surface area contributed by atoms with Gasteiger partial charge < -0.3 is 20.9 Å². The van der Waals surface area contributed by atoms with Crippen molar-refractivity contribution >= 4 is 11.9 Å². The van der Waals surface area contributed by atoms with E-state index in [1.54, 1.807) is 6.92 Å². The lowest BCUT2D eigenvalue weighted by molar-refractivity contribution is -0.149. The molecule has 1 heterocycles. The normalized spacial score (nSPS) is 27.5. The van der Waals surface area contributed by atoms with Crippen LogP contribution in [0.1, 0.15) is 33.1 Å². The van der Waals surface area contributed by atoms with Gasteiger partial charge in [-0.2, -0.15) is 0 Å². The smallest absolute Gasteiger partial charge is 0.329 e. The molecule has 1 aliphatic rings. The van der Waals surface area contributed by atoms with Gasteiger partial charge in [0.05, 0.1) is 6.10 Å². The zero-order chi connectivity index (χ0) is 13.1. The summed E-state index contributed by atoms with van der Waals surface area (Å²) in [6, 6.07) is 0. The third-order valence-corrected chi connectivity index (χ3v) is 3.24. The average molecular weight is 244 g/mol. The summed E-state index contributed by atoms with van der Waals surface area (Å²) < 4.78 is 5.41. The van der Waals surface area contributed by atoms with Gasteiger partial charge in [0.25, 0.3) is 0 Å². The maximum absolute atomic E-state index is 11.8. The number of carbonyl (C=O) groups is 2. The van der Waals surface area contributed by atoms with Crippen molar-refractivity contribution in [2.45, 2.75) is 50.9 Å². The molecule has 4 N–H and O–H groups in total. The summed E-state index contributed by atoms with van der Waals surface area (Å²) in [7, 11) is 0. The average Bonchev–Trinajstić information content (AvgIpc) is 2.77. The van der Waals surface area contributed by atoms with Crippen LogP contribution in [0.2, 0.25) is 0 Å². The van der Waals surface area contributed by atoms with Crippen molar-refractivity contribution in [1.29, 1.82) is 0 Å². The van der Waals surface area contributed by atoms with Crippen LogP contribution in [0.4, 0.5) is 0 Å². The van der Waals surface area contributed by atoms with Crippen LogP contribution in [0.3, 0.4) is 0 Å². The van der Waals surface area contributed by atoms with Crippen molar-refractivity contribution in [3.63, 3.8) is 0 Å². The van der Waals surface area contributed by atoms with E-state index < -0.39 is 17.6 Å². The molecule has 1 fully saturated rings. The first kappa shape index (κ1) is 13.9. The predicted molar refractivity (Wildman–Crippen MR) is 61.4 cm³/mol. The quantitative estimate of drug-likeness (QED) is 0.625. The van der Waals surface area contributed by atoms with E-state index in [9.17, 15) is 9.59 Å². The highest BCUT2D eigenvalue weighted by Gasteiger charge is 2.37. The molecule has 0 spiro atoms. The van der Waals surface area contributed by atoms with Gasteiger partial charge >= 0.3 is 5.97 Å². The molecule has 0 bridgehead atoms. The molecule has 0 radical (unpaired) electrons. The number of carbonyl (C=O) groups excluding carboxylic acids is 1. The summed E-state index contributed by atoms with van der Waals surface area (Å²) in [5, 5.41) is 11.6. The molecule has 0 saturated carbocycles. The largest absolute Gasteiger partial charge is 0.480 e. The Morgan fingerprint density at radius 2 is 2.18 bits per heavy atom. The van der Waals surface area contributed by atoms with Crippen LogP contribution in [0.15, 0.2) is 0 Å². The number of nitrogens with two attached hydrogens (primary N) is 1. The maximum Gasteiger partial charge on any atom is 0.329 e. The molecule has 3 unspecified atom stereocenters. The summed E-state index contributed by atoms with van der Waals surface area (Å²) in [4.78, 5) is 22.9. The third-order valence-electron chi connectivity index (χ3n) is 3.24. The topological polar surface area (TPSA) is 102 Å². The van der Waals surface area contributed by atoms with Crippen LogP contribution in [-0.4, -0.2) is 41.3 Å². The number of hydrogen-bond acceptors (Lipinski definition) is 4. The number of aliphatic carboxylic acids is 1. The highest BCUT2D eigenvalue weighted by Crippen LogP contribution is 2.20. The van der Waals surface area contributed by atoms with Crippen molar-refractivity contribution < 1.29 is 19.4 Å². The highest BCUT2D eigenvalue weighted by molar-refractivity contribution is 5.88. The van der Waals surface area contributed by atoms with Crippen molar-refractivity contribution in [3.05, 3.63) is 0 Å². The fraction of sp³-hybridized carbons (Fsp3) is 0.818. The summed E-state index contributed by atoms with van der Waals surface area (Å²) in [5.41, 5.74) is 4.21. The first-order valence-electron chi connectivity index (χ1n) is 5.84. The van der Waals surface area contributed by atoms with Crippen LogP contribution in [-0.2, 0) is 14.3 Å². The van der Waals surface area contributed by atoms with E-state index in [2.05, 4.69) is 5.32 Å². The van der Waals surface area contributed by atoms with E-state index in [0.29, 0.717) is 19.4 Å². The number of hydrogen-bond donors (Lipinski definition) is 3. The lowest BCUT2D eigenvalue weighted by Crippen LogP contribution is -2.54. The highest BCUT2D eigenvalue weighted by atomic mass is 16.5. The van der Waals surface area contributed by atoms with Crippen LogP contribution >= 0.6 is 0 Å². The second kappa shape index (κ2) is 5.46. The number of ether oxygens (including phenoxy) is 1. The molecule has 98 valence electrons. The molecule has 17 heavy (non-hydrogen) atoms. The Morgan fingerprint density at radius 3 is 2.59 bits per heavy atom. The summed E-state index contributed by atoms with van der Waals surface area (Å²) >= 11 is 0. The molecule has 1 amide bonds. The van der Waals surface area contributed by atoms with Crippen molar-refractivity contribution in [3.8, 4) is 0 Å². The lowest BCUT2D eigenvalue weighted by atomic mass is 9.98. The Morgan fingerprint density at radius 1 is 1.53 bits per heavy atom. The molecule has 6 heteroatoms. The number of nitrogens with one attached hydrogen (secondary N) is 1. The number of carboxylic acids is 1. The van der Waals surface area contributed by atoms with Gasteiger partial charge in [-0.05, 0) is 26.2 Å². The molecule has 1 aliphatic heterocycles. The zero-order valence-electron chi connectivity index (χ0n) is 10.2. The molecule has 0 aromatic rings. The van der Waals surface area contributed by atoms with Gasteiger partial charge in [-0.15, -0.1) is 0 Å². The Hall–Kier alpha value is -1.14. The van der Waals surface area contributed by atoms with E-state index >= 15 is 0 Å². The monoisotopic (exact) mass is 244 g/mol. The first-order valence-corrected chi connectivity index (χ1v) is 5.84. The zero-order valence-corrected chi connectivity index (χ0v) is 10.2. The fourth-order valence-corrected chi connectivity index (χ4v) is 1.72. The second-order valence-corrected chi connectivity index (χ2v) is 4.54. The minimum absolute atomic E-state index is 0.0940. The standard InChI is InChI=1S/C11H20N2O4/c1-3-11(2,10(15)16)13-9(14)8-5-4-7(6-12)17-8/h7-8H,3-6,12H2,1-2H3,(H,13,14)(H,15,16). The van der Waals surface area contributed by atoms with Crippen molar-refractivity contribution in [2.75, 3.05) is 6.54 Å². The maximum atomic E-state index is 11.8. The van der Waals surface area contributed by atoms with Gasteiger partial charge in [0.2, 0.25) is 5.91 Å². The second-order valence-electron chi connectivity index (χ2n) is 4.54. The van der Waals surface area contributed by atoms with Crippen molar-refractivity contribution in [2.24, 2.45) is 5.73 Å². The molecular formula is C11H20N2O4. The first-order chi connectivity index (χ1) is 7.92. The summed E-state index contributed by atoms with van der Waals surface area (Å²) in [5.74, 6) is -1.41. The van der Waals surface area contributed by atoms with Crippen LogP contribution in [0, 0.1) is 0 Å². The molecule has 3 atom stereocenters. The fourth-order valence-electron chi connectivity index (χ4n) is 1.72. The molecule has 1 saturated heterocycles. The molecule has 0 aromatic heterocycles. The molecule has 0 aliphatic carbocycles. The predicted octanol–water partition coefficient (Wildman–Crippen LogP) is -0.138. The Kier molecular flexibility index (Phi) is 4.47. The van der Waals surface area contributed by atoms with Gasteiger partial charge in [-0.1, -0.05) is 6.92 Å². The van der Waals surface area contributed by atoms with Gasteiger partial charge in [-0.25, -0.2) is 4.79 Å². The van der Waals surface area contributed by atoms with Gasteiger partial charge in [0, 0.05) is 6.54 Å². The van der Waals surface area contributed by atoms with E-state index in [4.69, 9.17) is 15.6 Å². The summed E-state index contributed by atoms with van der Waals surface area (Å²) in [6.45, 7) is 3.59. The number of amides is 1. The molecule has 6 nitrogen and oxygen atoms in total. The molecule has 1 rings (SSSR count). The van der Waals surface area contributed by atoms with E-state index in [-0.39, 0.29) is 12.0 Å². The molecule has 0 aromatic carbocycles. The third kappa shape index (κ3) is 3.17. The minimum atomic E-state index is -1.23. The number of rotatable bonds is 5. The van der Waals surface area contributed by atoms with Crippen LogP contribution < -0.4 is 11.1 Å². The molecular weight excluding hydrogens is 224 g/mol. The van der Waals surface area contributed by atoms with E-state index in [1.165, 1.54) is 6.92 Å². The number of carboxylic acid groups (broad SMARTS) is 1.